The maximum atomic E-state index is 11.4. The van der Waals surface area contributed by atoms with Crippen molar-refractivity contribution < 1.29 is 12.8 Å². The highest BCUT2D eigenvalue weighted by atomic mass is 35.5. The van der Waals surface area contributed by atoms with E-state index in [1.807, 2.05) is 26.2 Å². The molecular formula is C13H22ClN5O3S2. The first-order valence-electron chi connectivity index (χ1n) is 7.02. The van der Waals surface area contributed by atoms with Crippen molar-refractivity contribution in [3.63, 3.8) is 0 Å². The lowest BCUT2D eigenvalue weighted by molar-refractivity contribution is 0.344. The van der Waals surface area contributed by atoms with Crippen molar-refractivity contribution in [1.82, 2.24) is 14.3 Å². The predicted molar refractivity (Wildman–Crippen MR) is 100 cm³/mol. The summed E-state index contributed by atoms with van der Waals surface area (Å²) in [6.45, 7) is 1.28. The lowest BCUT2D eigenvalue weighted by Gasteiger charge is -2.05. The number of hydrogen-bond donors (Lipinski definition) is 2. The van der Waals surface area contributed by atoms with Gasteiger partial charge in [0.05, 0.1) is 18.8 Å². The van der Waals surface area contributed by atoms with Crippen LogP contribution in [0.15, 0.2) is 26.5 Å². The SMILES string of the molecule is CN=C1NS(=O)(=O)NC1=NCCSCc1ccc(CN(C)C)o1.Cl. The van der Waals surface area contributed by atoms with Crippen molar-refractivity contribution in [3.05, 3.63) is 23.7 Å². The van der Waals surface area contributed by atoms with E-state index in [1.165, 1.54) is 7.05 Å². The van der Waals surface area contributed by atoms with E-state index in [-0.39, 0.29) is 24.1 Å². The molecule has 0 aliphatic carbocycles. The molecule has 1 aromatic heterocycles. The molecule has 136 valence electrons. The van der Waals surface area contributed by atoms with Gasteiger partial charge in [0.1, 0.15) is 11.5 Å². The zero-order valence-electron chi connectivity index (χ0n) is 13.8. The average molecular weight is 396 g/mol. The second-order valence-electron chi connectivity index (χ2n) is 5.17. The Labute approximate surface area is 152 Å². The first-order valence-corrected chi connectivity index (χ1v) is 9.65. The summed E-state index contributed by atoms with van der Waals surface area (Å²) in [6, 6.07) is 3.97. The number of nitrogens with zero attached hydrogens (tertiary/aromatic N) is 3. The first kappa shape index (κ1) is 20.8. The number of halogens is 1. The van der Waals surface area contributed by atoms with E-state index in [0.29, 0.717) is 6.54 Å². The molecule has 0 spiro atoms. The van der Waals surface area contributed by atoms with E-state index in [9.17, 15) is 8.42 Å². The Morgan fingerprint density at radius 1 is 1.21 bits per heavy atom. The molecule has 0 bridgehead atoms. The summed E-state index contributed by atoms with van der Waals surface area (Å²) in [7, 11) is 1.97. The minimum Gasteiger partial charge on any atom is -0.464 e. The Kier molecular flexibility index (Phi) is 8.07. The summed E-state index contributed by atoms with van der Waals surface area (Å²) in [5.41, 5.74) is 0. The van der Waals surface area contributed by atoms with Crippen LogP contribution in [0.1, 0.15) is 11.5 Å². The zero-order valence-corrected chi connectivity index (χ0v) is 16.2. The van der Waals surface area contributed by atoms with Gasteiger partial charge in [-0.25, -0.2) is 9.44 Å². The van der Waals surface area contributed by atoms with Crippen LogP contribution < -0.4 is 9.44 Å². The van der Waals surface area contributed by atoms with Crippen LogP contribution in [0.4, 0.5) is 0 Å². The molecular weight excluding hydrogens is 374 g/mol. The second kappa shape index (κ2) is 9.30. The zero-order chi connectivity index (χ0) is 16.9. The number of amidine groups is 2. The summed E-state index contributed by atoms with van der Waals surface area (Å²) in [5.74, 6) is 3.90. The third-order valence-electron chi connectivity index (χ3n) is 2.85. The third-order valence-corrected chi connectivity index (χ3v) is 4.73. The van der Waals surface area contributed by atoms with Crippen LogP contribution in [0.25, 0.3) is 0 Å². The smallest absolute Gasteiger partial charge is 0.324 e. The quantitative estimate of drug-likeness (QED) is 0.667. The standard InChI is InChI=1S/C13H21N5O3S2.ClH/c1-14-12-13(17-23(19,20)16-12)15-6-7-22-9-11-5-4-10(21-11)8-18(2)3;/h4-5H,6-9H2,1-3H3,(H,14,16)(H,15,17);1H. The fourth-order valence-electron chi connectivity index (χ4n) is 1.93. The van der Waals surface area contributed by atoms with Gasteiger partial charge in [0.15, 0.2) is 11.7 Å². The molecule has 0 unspecified atom stereocenters. The van der Waals surface area contributed by atoms with Gasteiger partial charge in [0.25, 0.3) is 0 Å². The summed E-state index contributed by atoms with van der Waals surface area (Å²) >= 11 is 1.68. The summed E-state index contributed by atoms with van der Waals surface area (Å²) in [4.78, 5) is 10.1. The van der Waals surface area contributed by atoms with Crippen LogP contribution in [0, 0.1) is 0 Å². The van der Waals surface area contributed by atoms with Crippen LogP contribution in [-0.4, -0.2) is 58.4 Å². The van der Waals surface area contributed by atoms with Crippen LogP contribution in [-0.2, 0) is 22.5 Å². The number of furan rings is 1. The van der Waals surface area contributed by atoms with Gasteiger partial charge in [-0.2, -0.15) is 20.2 Å². The Balaban J connectivity index is 0.00000288. The number of hydrogen-bond acceptors (Lipinski definition) is 7. The summed E-state index contributed by atoms with van der Waals surface area (Å²) in [6.07, 6.45) is 0. The van der Waals surface area contributed by atoms with Gasteiger partial charge in [-0.3, -0.25) is 9.98 Å². The fourth-order valence-corrected chi connectivity index (χ4v) is 3.56. The van der Waals surface area contributed by atoms with Crippen LogP contribution >= 0.6 is 24.2 Å². The van der Waals surface area contributed by atoms with Gasteiger partial charge >= 0.3 is 10.2 Å². The van der Waals surface area contributed by atoms with Crippen molar-refractivity contribution in [2.24, 2.45) is 9.98 Å². The van der Waals surface area contributed by atoms with E-state index in [4.69, 9.17) is 4.42 Å². The molecule has 2 N–H and O–H groups in total. The monoisotopic (exact) mass is 395 g/mol. The first-order chi connectivity index (χ1) is 10.9. The van der Waals surface area contributed by atoms with Gasteiger partial charge in [0, 0.05) is 12.8 Å². The summed E-state index contributed by atoms with van der Waals surface area (Å²) in [5, 5.41) is 0. The van der Waals surface area contributed by atoms with Gasteiger partial charge in [-0.1, -0.05) is 0 Å². The second-order valence-corrected chi connectivity index (χ2v) is 7.69. The van der Waals surface area contributed by atoms with E-state index >= 15 is 0 Å². The molecule has 2 rings (SSSR count). The van der Waals surface area contributed by atoms with Crippen molar-refractivity contribution in [3.8, 4) is 0 Å². The molecule has 1 fully saturated rings. The lowest BCUT2D eigenvalue weighted by Crippen LogP contribution is -2.24. The highest BCUT2D eigenvalue weighted by Crippen LogP contribution is 2.16. The van der Waals surface area contributed by atoms with Gasteiger partial charge in [-0.15, -0.1) is 12.4 Å². The predicted octanol–water partition coefficient (Wildman–Crippen LogP) is 0.861. The Morgan fingerprint density at radius 2 is 1.88 bits per heavy atom. The minimum atomic E-state index is -3.54. The van der Waals surface area contributed by atoms with Crippen LogP contribution in [0.3, 0.4) is 0 Å². The molecule has 11 heteroatoms. The van der Waals surface area contributed by atoms with Crippen molar-refractivity contribution >= 4 is 46.0 Å². The molecule has 8 nitrogen and oxygen atoms in total. The van der Waals surface area contributed by atoms with Crippen molar-refractivity contribution in [1.29, 1.82) is 0 Å². The Bertz CT molecular complexity index is 700. The minimum absolute atomic E-state index is 0. The number of nitrogens with one attached hydrogen (secondary N) is 2. The van der Waals surface area contributed by atoms with Crippen LogP contribution in [0.5, 0.6) is 0 Å². The van der Waals surface area contributed by atoms with E-state index in [0.717, 1.165) is 29.6 Å². The van der Waals surface area contributed by atoms with E-state index < -0.39 is 10.2 Å². The number of rotatable bonds is 7. The van der Waals surface area contributed by atoms with Gasteiger partial charge in [-0.05, 0) is 26.2 Å². The molecule has 1 aliphatic heterocycles. The van der Waals surface area contributed by atoms with Gasteiger partial charge < -0.3 is 9.32 Å². The third kappa shape index (κ3) is 6.34. The maximum Gasteiger partial charge on any atom is 0.324 e. The molecule has 1 aromatic rings. The van der Waals surface area contributed by atoms with Crippen molar-refractivity contribution in [2.45, 2.75) is 12.3 Å². The Hall–Kier alpha value is -1.23. The summed E-state index contributed by atoms with van der Waals surface area (Å²) < 4.78 is 33.0. The molecule has 1 aliphatic rings. The normalized spacial score (nSPS) is 19.3. The number of thioether (sulfide) groups is 1. The molecule has 0 atom stereocenters. The molecule has 0 saturated carbocycles. The molecule has 0 radical (unpaired) electrons. The molecule has 1 saturated heterocycles. The molecule has 2 heterocycles. The average Bonchev–Trinajstić information content (AvgIpc) is 3.01. The van der Waals surface area contributed by atoms with Gasteiger partial charge in [0.2, 0.25) is 0 Å². The molecule has 0 amide bonds. The highest BCUT2D eigenvalue weighted by Gasteiger charge is 2.27. The Morgan fingerprint density at radius 3 is 2.54 bits per heavy atom. The fraction of sp³-hybridized carbons (Fsp3) is 0.538. The maximum absolute atomic E-state index is 11.4. The highest BCUT2D eigenvalue weighted by molar-refractivity contribution is 7.98. The van der Waals surface area contributed by atoms with Crippen LogP contribution in [0.2, 0.25) is 0 Å². The molecule has 0 aromatic carbocycles. The lowest BCUT2D eigenvalue weighted by atomic mass is 10.4. The topological polar surface area (TPSA) is 99.3 Å². The van der Waals surface area contributed by atoms with E-state index in [2.05, 4.69) is 24.3 Å². The van der Waals surface area contributed by atoms with E-state index in [1.54, 1.807) is 11.8 Å². The largest absolute Gasteiger partial charge is 0.464 e. The van der Waals surface area contributed by atoms with Crippen molar-refractivity contribution in [2.75, 3.05) is 33.4 Å². The molecule has 24 heavy (non-hydrogen) atoms. The number of aliphatic imine (C=N–C) groups is 2.